The van der Waals surface area contributed by atoms with Gasteiger partial charge in [0.2, 0.25) is 0 Å². The van der Waals surface area contributed by atoms with Crippen LogP contribution < -0.4 is 5.73 Å². The third-order valence-electron chi connectivity index (χ3n) is 2.11. The first-order valence-corrected chi connectivity index (χ1v) is 6.85. The Labute approximate surface area is 108 Å². The summed E-state index contributed by atoms with van der Waals surface area (Å²) in [5, 5.41) is 8.60. The van der Waals surface area contributed by atoms with Crippen molar-refractivity contribution in [2.45, 2.75) is 18.2 Å². The van der Waals surface area contributed by atoms with Crippen LogP contribution in [0.25, 0.3) is 0 Å². The summed E-state index contributed by atoms with van der Waals surface area (Å²) in [6, 6.07) is 7.27. The molecule has 1 rings (SSSR count). The minimum absolute atomic E-state index is 0.504. The lowest BCUT2D eigenvalue weighted by Gasteiger charge is -2.06. The molecule has 0 saturated heterocycles. The Bertz CT molecular complexity index is 360. The van der Waals surface area contributed by atoms with Gasteiger partial charge in [0.15, 0.2) is 0 Å². The summed E-state index contributed by atoms with van der Waals surface area (Å²) in [4.78, 5) is 10.5. The van der Waals surface area contributed by atoms with Gasteiger partial charge >= 0.3 is 5.97 Å². The molecular formula is C11H14BrNO2S. The Morgan fingerprint density at radius 1 is 1.50 bits per heavy atom. The predicted molar refractivity (Wildman–Crippen MR) is 70.5 cm³/mol. The number of nitrogens with two attached hydrogens (primary N) is 1. The molecule has 3 nitrogen and oxygen atoms in total. The van der Waals surface area contributed by atoms with Crippen LogP contribution >= 0.6 is 27.7 Å². The predicted octanol–water partition coefficient (Wildman–Crippen LogP) is 2.48. The number of hydrogen-bond donors (Lipinski definition) is 2. The summed E-state index contributed by atoms with van der Waals surface area (Å²) in [6.07, 6.45) is 0.504. The SMILES string of the molecule is NC(CCSCc1ccccc1Br)C(=O)O. The maximum atomic E-state index is 10.5. The second-order valence-electron chi connectivity index (χ2n) is 3.38. The van der Waals surface area contributed by atoms with Crippen LogP contribution in [0.1, 0.15) is 12.0 Å². The number of rotatable bonds is 6. The molecule has 16 heavy (non-hydrogen) atoms. The molecule has 0 aromatic heterocycles. The van der Waals surface area contributed by atoms with Crippen molar-refractivity contribution < 1.29 is 9.90 Å². The largest absolute Gasteiger partial charge is 0.480 e. The van der Waals surface area contributed by atoms with Gasteiger partial charge in [0.25, 0.3) is 0 Å². The molecule has 1 aromatic carbocycles. The van der Waals surface area contributed by atoms with Crippen LogP contribution in [0.5, 0.6) is 0 Å². The van der Waals surface area contributed by atoms with Gasteiger partial charge in [-0.25, -0.2) is 0 Å². The Morgan fingerprint density at radius 2 is 2.19 bits per heavy atom. The molecule has 0 aliphatic rings. The highest BCUT2D eigenvalue weighted by atomic mass is 79.9. The van der Waals surface area contributed by atoms with Crippen LogP contribution in [0.2, 0.25) is 0 Å². The lowest BCUT2D eigenvalue weighted by atomic mass is 10.2. The smallest absolute Gasteiger partial charge is 0.320 e. The number of benzene rings is 1. The third kappa shape index (κ3) is 4.55. The van der Waals surface area contributed by atoms with E-state index < -0.39 is 12.0 Å². The lowest BCUT2D eigenvalue weighted by Crippen LogP contribution is -2.30. The van der Waals surface area contributed by atoms with Crippen molar-refractivity contribution in [3.63, 3.8) is 0 Å². The van der Waals surface area contributed by atoms with E-state index in [0.717, 1.165) is 16.0 Å². The van der Waals surface area contributed by atoms with Crippen LogP contribution in [-0.4, -0.2) is 22.9 Å². The number of carboxylic acid groups (broad SMARTS) is 1. The monoisotopic (exact) mass is 303 g/mol. The Kier molecular flexibility index (Phi) is 5.87. The Morgan fingerprint density at radius 3 is 2.81 bits per heavy atom. The summed E-state index contributed by atoms with van der Waals surface area (Å²) in [5.74, 6) is 0.698. The average Bonchev–Trinajstić information content (AvgIpc) is 2.26. The zero-order chi connectivity index (χ0) is 12.0. The molecule has 0 saturated carbocycles. The maximum Gasteiger partial charge on any atom is 0.320 e. The van der Waals surface area contributed by atoms with Gasteiger partial charge in [0.05, 0.1) is 0 Å². The molecule has 1 aromatic rings. The van der Waals surface area contributed by atoms with E-state index in [-0.39, 0.29) is 0 Å². The molecule has 0 spiro atoms. The summed E-state index contributed by atoms with van der Waals surface area (Å²) < 4.78 is 1.09. The zero-order valence-electron chi connectivity index (χ0n) is 8.73. The first-order valence-electron chi connectivity index (χ1n) is 4.91. The third-order valence-corrected chi connectivity index (χ3v) is 3.92. The van der Waals surface area contributed by atoms with Gasteiger partial charge in [-0.15, -0.1) is 0 Å². The number of aliphatic carboxylic acids is 1. The normalized spacial score (nSPS) is 12.4. The van der Waals surface area contributed by atoms with Gasteiger partial charge < -0.3 is 10.8 Å². The maximum absolute atomic E-state index is 10.5. The van der Waals surface area contributed by atoms with Crippen LogP contribution in [0, 0.1) is 0 Å². The second-order valence-corrected chi connectivity index (χ2v) is 5.34. The van der Waals surface area contributed by atoms with Crippen molar-refractivity contribution >= 4 is 33.7 Å². The molecule has 3 N–H and O–H groups in total. The van der Waals surface area contributed by atoms with Crippen LogP contribution in [0.15, 0.2) is 28.7 Å². The van der Waals surface area contributed by atoms with Crippen molar-refractivity contribution in [2.24, 2.45) is 5.73 Å². The van der Waals surface area contributed by atoms with E-state index in [0.29, 0.717) is 6.42 Å². The molecule has 0 heterocycles. The van der Waals surface area contributed by atoms with E-state index >= 15 is 0 Å². The molecule has 0 aliphatic carbocycles. The molecule has 88 valence electrons. The topological polar surface area (TPSA) is 63.3 Å². The highest BCUT2D eigenvalue weighted by Gasteiger charge is 2.10. The number of hydrogen-bond acceptors (Lipinski definition) is 3. The van der Waals surface area contributed by atoms with Gasteiger partial charge in [0, 0.05) is 10.2 Å². The first-order chi connectivity index (χ1) is 7.61. The van der Waals surface area contributed by atoms with Crippen molar-refractivity contribution in [3.8, 4) is 0 Å². The van der Waals surface area contributed by atoms with E-state index in [1.54, 1.807) is 11.8 Å². The van der Waals surface area contributed by atoms with E-state index in [1.807, 2.05) is 24.3 Å². The van der Waals surface area contributed by atoms with Gasteiger partial charge in [-0.1, -0.05) is 34.1 Å². The quantitative estimate of drug-likeness (QED) is 0.793. The fourth-order valence-corrected chi connectivity index (χ4v) is 2.78. The van der Waals surface area contributed by atoms with E-state index in [1.165, 1.54) is 5.56 Å². The van der Waals surface area contributed by atoms with Crippen molar-refractivity contribution in [2.75, 3.05) is 5.75 Å². The molecule has 0 bridgehead atoms. The van der Waals surface area contributed by atoms with E-state index in [4.69, 9.17) is 10.8 Å². The molecule has 1 atom stereocenters. The minimum Gasteiger partial charge on any atom is -0.480 e. The number of thioether (sulfide) groups is 1. The summed E-state index contributed by atoms with van der Waals surface area (Å²) >= 11 is 5.16. The number of carbonyl (C=O) groups is 1. The fourth-order valence-electron chi connectivity index (χ4n) is 1.13. The summed E-state index contributed by atoms with van der Waals surface area (Å²) in [7, 11) is 0. The Balaban J connectivity index is 2.26. The molecule has 5 heteroatoms. The minimum atomic E-state index is -0.929. The van der Waals surface area contributed by atoms with E-state index in [9.17, 15) is 4.79 Å². The standard InChI is InChI=1S/C11H14BrNO2S/c12-9-4-2-1-3-8(9)7-16-6-5-10(13)11(14)15/h1-4,10H,5-7,13H2,(H,14,15). The van der Waals surface area contributed by atoms with Gasteiger partial charge in [-0.05, 0) is 23.8 Å². The summed E-state index contributed by atoms with van der Waals surface area (Å²) in [5.41, 5.74) is 6.62. The van der Waals surface area contributed by atoms with Crippen molar-refractivity contribution in [1.29, 1.82) is 0 Å². The van der Waals surface area contributed by atoms with E-state index in [2.05, 4.69) is 15.9 Å². The molecular weight excluding hydrogens is 290 g/mol. The van der Waals surface area contributed by atoms with Crippen molar-refractivity contribution in [3.05, 3.63) is 34.3 Å². The average molecular weight is 304 g/mol. The number of carboxylic acids is 1. The molecule has 0 aliphatic heterocycles. The van der Waals surface area contributed by atoms with Crippen LogP contribution in [-0.2, 0) is 10.5 Å². The van der Waals surface area contributed by atoms with Crippen LogP contribution in [0.3, 0.4) is 0 Å². The highest BCUT2D eigenvalue weighted by molar-refractivity contribution is 9.10. The summed E-state index contributed by atoms with van der Waals surface area (Å²) in [6.45, 7) is 0. The second kappa shape index (κ2) is 6.93. The molecule has 0 radical (unpaired) electrons. The lowest BCUT2D eigenvalue weighted by molar-refractivity contribution is -0.138. The van der Waals surface area contributed by atoms with Gasteiger partial charge in [-0.3, -0.25) is 4.79 Å². The number of halogens is 1. The zero-order valence-corrected chi connectivity index (χ0v) is 11.1. The first kappa shape index (κ1) is 13.5. The van der Waals surface area contributed by atoms with Crippen LogP contribution in [0.4, 0.5) is 0 Å². The van der Waals surface area contributed by atoms with Gasteiger partial charge in [-0.2, -0.15) is 11.8 Å². The van der Waals surface area contributed by atoms with Gasteiger partial charge in [0.1, 0.15) is 6.04 Å². The molecule has 0 amide bonds. The highest BCUT2D eigenvalue weighted by Crippen LogP contribution is 2.21. The Hall–Kier alpha value is -0.520. The molecule has 1 unspecified atom stereocenters. The van der Waals surface area contributed by atoms with Crippen molar-refractivity contribution in [1.82, 2.24) is 0 Å². The molecule has 0 fully saturated rings. The fraction of sp³-hybridized carbons (Fsp3) is 0.364.